The van der Waals surface area contributed by atoms with Crippen molar-refractivity contribution >= 4 is 21.7 Å². The van der Waals surface area contributed by atoms with Crippen molar-refractivity contribution in [3.8, 4) is 6.07 Å². The van der Waals surface area contributed by atoms with Crippen LogP contribution in [0.5, 0.6) is 0 Å². The molecule has 0 radical (unpaired) electrons. The monoisotopic (exact) mass is 272 g/mol. The van der Waals surface area contributed by atoms with Crippen LogP contribution in [0.1, 0.15) is 12.5 Å². The Hall–Kier alpha value is -2.14. The van der Waals surface area contributed by atoms with Gasteiger partial charge in [0.25, 0.3) is 0 Å². The minimum atomic E-state index is -4.18. The highest BCUT2D eigenvalue weighted by atomic mass is 32.2. The summed E-state index contributed by atoms with van der Waals surface area (Å²) in [5.41, 5.74) is -0.386. The summed E-state index contributed by atoms with van der Waals surface area (Å²) in [7, 11) is -4.18. The van der Waals surface area contributed by atoms with Gasteiger partial charge in [-0.15, -0.1) is 0 Å². The van der Waals surface area contributed by atoms with E-state index in [1.54, 1.807) is 6.07 Å². The molecule has 1 aromatic rings. The summed E-state index contributed by atoms with van der Waals surface area (Å²) in [6.07, 6.45) is 0. The first kappa shape index (κ1) is 13.9. The Balaban J connectivity index is 3.13. The van der Waals surface area contributed by atoms with E-state index in [4.69, 9.17) is 10.4 Å². The number of hydrogen-bond acceptors (Lipinski definition) is 4. The van der Waals surface area contributed by atoms with Gasteiger partial charge in [-0.25, -0.2) is 12.8 Å². The van der Waals surface area contributed by atoms with Crippen LogP contribution in [0.3, 0.4) is 0 Å². The molecule has 8 heteroatoms. The molecule has 96 valence electrons. The maximum Gasteiger partial charge on any atom is 0.323 e. The van der Waals surface area contributed by atoms with E-state index < -0.39 is 27.1 Å². The molecule has 0 aromatic heterocycles. The van der Waals surface area contributed by atoms with E-state index in [1.165, 1.54) is 0 Å². The lowest BCUT2D eigenvalue weighted by Gasteiger charge is -2.12. The molecule has 1 aromatic carbocycles. The largest absolute Gasteiger partial charge is 0.480 e. The van der Waals surface area contributed by atoms with Crippen LogP contribution in [-0.4, -0.2) is 24.7 Å². The summed E-state index contributed by atoms with van der Waals surface area (Å²) >= 11 is 0. The number of rotatable bonds is 4. The van der Waals surface area contributed by atoms with Crippen molar-refractivity contribution in [1.29, 1.82) is 5.26 Å². The summed E-state index contributed by atoms with van der Waals surface area (Å²) in [5, 5.41) is 15.7. The number of aliphatic carboxylic acids is 1. The van der Waals surface area contributed by atoms with Gasteiger partial charge in [-0.1, -0.05) is 0 Å². The highest BCUT2D eigenvalue weighted by Gasteiger charge is 2.28. The van der Waals surface area contributed by atoms with Gasteiger partial charge in [0, 0.05) is 0 Å². The topological polar surface area (TPSA) is 107 Å². The molecule has 1 unspecified atom stereocenters. The third-order valence-corrected chi connectivity index (χ3v) is 3.80. The molecular weight excluding hydrogens is 263 g/mol. The molecule has 0 aliphatic carbocycles. The highest BCUT2D eigenvalue weighted by Crippen LogP contribution is 2.18. The number of halogens is 1. The zero-order valence-corrected chi connectivity index (χ0v) is 10.0. The lowest BCUT2D eigenvalue weighted by atomic mass is 10.2. The molecule has 0 bridgehead atoms. The van der Waals surface area contributed by atoms with E-state index in [-0.39, 0.29) is 11.3 Å². The van der Waals surface area contributed by atoms with Gasteiger partial charge < -0.3 is 5.11 Å². The Kier molecular flexibility index (Phi) is 3.88. The number of benzene rings is 1. The predicted octanol–water partition coefficient (Wildman–Crippen LogP) is 0.912. The third-order valence-electron chi connectivity index (χ3n) is 2.17. The first-order chi connectivity index (χ1) is 8.27. The van der Waals surface area contributed by atoms with Gasteiger partial charge >= 0.3 is 5.97 Å². The molecule has 0 fully saturated rings. The molecule has 0 aliphatic heterocycles. The van der Waals surface area contributed by atoms with E-state index >= 15 is 0 Å². The summed E-state index contributed by atoms with van der Waals surface area (Å²) < 4.78 is 38.0. The second-order valence-electron chi connectivity index (χ2n) is 3.43. The van der Waals surface area contributed by atoms with E-state index in [0.29, 0.717) is 0 Å². The van der Waals surface area contributed by atoms with Gasteiger partial charge in [0.1, 0.15) is 11.9 Å². The number of nitrogens with zero attached hydrogens (tertiary/aromatic N) is 1. The van der Waals surface area contributed by atoms with Crippen molar-refractivity contribution in [1.82, 2.24) is 0 Å². The number of carboxylic acid groups (broad SMARTS) is 1. The van der Waals surface area contributed by atoms with Crippen LogP contribution in [0.4, 0.5) is 10.1 Å². The fourth-order valence-electron chi connectivity index (χ4n) is 1.07. The van der Waals surface area contributed by atoms with Crippen molar-refractivity contribution in [3.05, 3.63) is 29.6 Å². The first-order valence-electron chi connectivity index (χ1n) is 4.72. The van der Waals surface area contributed by atoms with Crippen molar-refractivity contribution in [2.75, 3.05) is 4.72 Å². The number of sulfonamides is 1. The molecule has 0 heterocycles. The third kappa shape index (κ3) is 2.95. The summed E-state index contributed by atoms with van der Waals surface area (Å²) in [5.74, 6) is -2.22. The van der Waals surface area contributed by atoms with Gasteiger partial charge in [-0.2, -0.15) is 5.26 Å². The Labute approximate surface area is 103 Å². The normalized spacial score (nSPS) is 12.5. The van der Waals surface area contributed by atoms with Gasteiger partial charge in [0.2, 0.25) is 10.0 Å². The molecule has 18 heavy (non-hydrogen) atoms. The number of anilines is 1. The molecule has 2 N–H and O–H groups in total. The highest BCUT2D eigenvalue weighted by molar-refractivity contribution is 7.94. The van der Waals surface area contributed by atoms with Gasteiger partial charge in [0.15, 0.2) is 5.25 Å². The van der Waals surface area contributed by atoms with Crippen LogP contribution >= 0.6 is 0 Å². The number of hydrogen-bond donors (Lipinski definition) is 2. The second-order valence-corrected chi connectivity index (χ2v) is 5.43. The Morgan fingerprint density at radius 2 is 2.17 bits per heavy atom. The average molecular weight is 272 g/mol. The van der Waals surface area contributed by atoms with Crippen molar-refractivity contribution < 1.29 is 22.7 Å². The first-order valence-corrected chi connectivity index (χ1v) is 6.26. The van der Waals surface area contributed by atoms with E-state index in [2.05, 4.69) is 0 Å². The number of carboxylic acids is 1. The molecular formula is C10H9FN2O4S. The molecule has 0 aliphatic rings. The number of nitrogens with one attached hydrogen (secondary N) is 1. The maximum absolute atomic E-state index is 12.8. The Bertz CT molecular complexity index is 621. The summed E-state index contributed by atoms with van der Waals surface area (Å²) in [6.45, 7) is 0.986. The van der Waals surface area contributed by atoms with Crippen LogP contribution in [0.2, 0.25) is 0 Å². The summed E-state index contributed by atoms with van der Waals surface area (Å²) in [4.78, 5) is 10.6. The number of carbonyl (C=O) groups is 1. The quantitative estimate of drug-likeness (QED) is 0.847. The van der Waals surface area contributed by atoms with Crippen LogP contribution < -0.4 is 4.72 Å². The molecule has 0 amide bonds. The van der Waals surface area contributed by atoms with E-state index in [9.17, 15) is 17.6 Å². The lowest BCUT2D eigenvalue weighted by molar-refractivity contribution is -0.136. The molecule has 6 nitrogen and oxygen atoms in total. The lowest BCUT2D eigenvalue weighted by Crippen LogP contribution is -2.32. The van der Waals surface area contributed by atoms with E-state index in [1.807, 2.05) is 4.72 Å². The predicted molar refractivity (Wildman–Crippen MR) is 60.8 cm³/mol. The van der Waals surface area contributed by atoms with Crippen molar-refractivity contribution in [3.63, 3.8) is 0 Å². The second kappa shape index (κ2) is 5.01. The maximum atomic E-state index is 12.8. The molecule has 0 saturated heterocycles. The van der Waals surface area contributed by atoms with Crippen LogP contribution in [-0.2, 0) is 14.8 Å². The van der Waals surface area contributed by atoms with Crippen molar-refractivity contribution in [2.24, 2.45) is 0 Å². The average Bonchev–Trinajstić information content (AvgIpc) is 2.30. The zero-order valence-electron chi connectivity index (χ0n) is 9.21. The van der Waals surface area contributed by atoms with Crippen LogP contribution in [0.15, 0.2) is 18.2 Å². The molecule has 0 spiro atoms. The number of nitriles is 1. The van der Waals surface area contributed by atoms with Crippen LogP contribution in [0.25, 0.3) is 0 Å². The fraction of sp³-hybridized carbons (Fsp3) is 0.200. The standard InChI is InChI=1S/C10H9FN2O4S/c1-6(10(14)15)18(16,17)13-9-3-2-8(11)4-7(9)5-12/h2-4,6,13H,1H3,(H,14,15). The fourth-order valence-corrected chi connectivity index (χ4v) is 2.00. The Morgan fingerprint density at radius 3 is 2.67 bits per heavy atom. The Morgan fingerprint density at radius 1 is 1.56 bits per heavy atom. The zero-order chi connectivity index (χ0) is 13.9. The smallest absolute Gasteiger partial charge is 0.323 e. The van der Waals surface area contributed by atoms with E-state index in [0.717, 1.165) is 25.1 Å². The molecule has 1 rings (SSSR count). The van der Waals surface area contributed by atoms with Gasteiger partial charge in [-0.3, -0.25) is 9.52 Å². The van der Waals surface area contributed by atoms with Gasteiger partial charge in [0.05, 0.1) is 11.3 Å². The molecule has 0 saturated carbocycles. The molecule has 1 atom stereocenters. The van der Waals surface area contributed by atoms with Crippen LogP contribution in [0, 0.1) is 17.1 Å². The van der Waals surface area contributed by atoms with Gasteiger partial charge in [-0.05, 0) is 25.1 Å². The summed E-state index contributed by atoms with van der Waals surface area (Å²) in [6, 6.07) is 4.48. The van der Waals surface area contributed by atoms with Crippen molar-refractivity contribution in [2.45, 2.75) is 12.2 Å². The minimum Gasteiger partial charge on any atom is -0.480 e. The minimum absolute atomic E-state index is 0.160. The SMILES string of the molecule is CC(C(=O)O)S(=O)(=O)Nc1ccc(F)cc1C#N.